The molecule has 1 aromatic carbocycles. The molecule has 0 saturated carbocycles. The van der Waals surface area contributed by atoms with Crippen LogP contribution in [0.3, 0.4) is 0 Å². The predicted molar refractivity (Wildman–Crippen MR) is 75.4 cm³/mol. The van der Waals surface area contributed by atoms with Gasteiger partial charge in [0.2, 0.25) is 0 Å². The summed E-state index contributed by atoms with van der Waals surface area (Å²) in [5.74, 6) is 0. The highest BCUT2D eigenvalue weighted by Gasteiger charge is 2.02. The first-order valence-corrected chi connectivity index (χ1v) is 6.12. The maximum atomic E-state index is 4.31. The van der Waals surface area contributed by atoms with E-state index in [1.165, 1.54) is 11.3 Å². The molecule has 0 atom stereocenters. The molecule has 3 nitrogen and oxygen atoms in total. The maximum Gasteiger partial charge on any atom is 0.0594 e. The number of nitrogens with one attached hydrogen (secondary N) is 1. The number of rotatable bonds is 5. The first-order valence-electron chi connectivity index (χ1n) is 6.12. The van der Waals surface area contributed by atoms with Crippen molar-refractivity contribution in [3.05, 3.63) is 59.9 Å². The second-order valence-electron chi connectivity index (χ2n) is 4.57. The zero-order chi connectivity index (χ0) is 12.8. The van der Waals surface area contributed by atoms with Gasteiger partial charge in [0.1, 0.15) is 0 Å². The second-order valence-corrected chi connectivity index (χ2v) is 4.57. The lowest BCUT2D eigenvalue weighted by atomic mass is 10.1. The Hall–Kier alpha value is -1.87. The minimum atomic E-state index is 0.755. The van der Waals surface area contributed by atoms with E-state index in [0.29, 0.717) is 0 Å². The van der Waals surface area contributed by atoms with Gasteiger partial charge >= 0.3 is 0 Å². The van der Waals surface area contributed by atoms with Crippen molar-refractivity contribution >= 4 is 5.69 Å². The molecule has 1 N–H and O–H groups in total. The van der Waals surface area contributed by atoms with Crippen LogP contribution >= 0.6 is 0 Å². The molecule has 0 amide bonds. The summed E-state index contributed by atoms with van der Waals surface area (Å²) in [7, 11) is 4.16. The number of aromatic nitrogens is 1. The molecule has 0 radical (unpaired) electrons. The molecule has 0 bridgehead atoms. The van der Waals surface area contributed by atoms with Crippen molar-refractivity contribution in [2.24, 2.45) is 0 Å². The Morgan fingerprint density at radius 3 is 2.56 bits per heavy atom. The highest BCUT2D eigenvalue weighted by atomic mass is 15.1. The van der Waals surface area contributed by atoms with E-state index >= 15 is 0 Å². The fourth-order valence-corrected chi connectivity index (χ4v) is 1.86. The van der Waals surface area contributed by atoms with Crippen molar-refractivity contribution in [3.8, 4) is 0 Å². The predicted octanol–water partition coefficient (Wildman–Crippen LogP) is 2.76. The summed E-state index contributed by atoms with van der Waals surface area (Å²) in [5.41, 5.74) is 3.53. The lowest BCUT2D eigenvalue weighted by molar-refractivity contribution is 0.403. The van der Waals surface area contributed by atoms with Crippen molar-refractivity contribution in [2.45, 2.75) is 13.1 Å². The zero-order valence-corrected chi connectivity index (χ0v) is 10.9. The third kappa shape index (κ3) is 3.57. The summed E-state index contributed by atoms with van der Waals surface area (Å²) < 4.78 is 0. The maximum absolute atomic E-state index is 4.31. The fraction of sp³-hybridized carbons (Fsp3) is 0.267. The molecule has 2 aromatic rings. The van der Waals surface area contributed by atoms with Gasteiger partial charge in [0.25, 0.3) is 0 Å². The van der Waals surface area contributed by atoms with Gasteiger partial charge in [0.15, 0.2) is 0 Å². The number of pyridine rings is 1. The Labute approximate surface area is 108 Å². The van der Waals surface area contributed by atoms with Crippen LogP contribution in [0.15, 0.2) is 48.7 Å². The van der Waals surface area contributed by atoms with Gasteiger partial charge in [-0.05, 0) is 37.9 Å². The van der Waals surface area contributed by atoms with Crippen molar-refractivity contribution in [1.29, 1.82) is 0 Å². The van der Waals surface area contributed by atoms with Crippen molar-refractivity contribution in [2.75, 3.05) is 19.4 Å². The molecular weight excluding hydrogens is 222 g/mol. The summed E-state index contributed by atoms with van der Waals surface area (Å²) in [6.07, 6.45) is 1.82. The monoisotopic (exact) mass is 241 g/mol. The Morgan fingerprint density at radius 1 is 1.06 bits per heavy atom. The van der Waals surface area contributed by atoms with Gasteiger partial charge in [-0.3, -0.25) is 4.98 Å². The van der Waals surface area contributed by atoms with Crippen LogP contribution in [0, 0.1) is 0 Å². The van der Waals surface area contributed by atoms with E-state index < -0.39 is 0 Å². The quantitative estimate of drug-likeness (QED) is 0.872. The molecule has 18 heavy (non-hydrogen) atoms. The SMILES string of the molecule is CN(C)Cc1ccccc1NCc1ccccn1. The molecule has 0 fully saturated rings. The van der Waals surface area contributed by atoms with Crippen molar-refractivity contribution < 1.29 is 0 Å². The average molecular weight is 241 g/mol. The number of benzene rings is 1. The lowest BCUT2D eigenvalue weighted by Crippen LogP contribution is -2.13. The van der Waals surface area contributed by atoms with Crippen molar-refractivity contribution in [3.63, 3.8) is 0 Å². The van der Waals surface area contributed by atoms with E-state index in [2.05, 4.69) is 53.6 Å². The Bertz CT molecular complexity index is 480. The van der Waals surface area contributed by atoms with Crippen LogP contribution in [0.4, 0.5) is 5.69 Å². The number of para-hydroxylation sites is 1. The molecule has 0 aliphatic carbocycles. The minimum Gasteiger partial charge on any atom is -0.379 e. The van der Waals surface area contributed by atoms with Crippen LogP contribution in [0.25, 0.3) is 0 Å². The number of hydrogen-bond acceptors (Lipinski definition) is 3. The average Bonchev–Trinajstić information content (AvgIpc) is 2.38. The van der Waals surface area contributed by atoms with Gasteiger partial charge in [0.05, 0.1) is 12.2 Å². The van der Waals surface area contributed by atoms with Gasteiger partial charge in [-0.1, -0.05) is 24.3 Å². The van der Waals surface area contributed by atoms with E-state index in [1.54, 1.807) is 0 Å². The zero-order valence-electron chi connectivity index (χ0n) is 10.9. The summed E-state index contributed by atoms with van der Waals surface area (Å²) in [6, 6.07) is 14.4. The first-order chi connectivity index (χ1) is 8.75. The number of anilines is 1. The summed E-state index contributed by atoms with van der Waals surface area (Å²) in [6.45, 7) is 1.69. The van der Waals surface area contributed by atoms with E-state index in [1.807, 2.05) is 24.4 Å². The Kier molecular flexibility index (Phi) is 4.31. The van der Waals surface area contributed by atoms with Crippen LogP contribution < -0.4 is 5.32 Å². The number of hydrogen-bond donors (Lipinski definition) is 1. The van der Waals surface area contributed by atoms with Gasteiger partial charge < -0.3 is 10.2 Å². The number of nitrogens with zero attached hydrogens (tertiary/aromatic N) is 2. The summed E-state index contributed by atoms with van der Waals surface area (Å²) in [5, 5.41) is 3.45. The Morgan fingerprint density at radius 2 is 1.83 bits per heavy atom. The van der Waals surface area contributed by atoms with Gasteiger partial charge in [-0.25, -0.2) is 0 Å². The van der Waals surface area contributed by atoms with Crippen molar-refractivity contribution in [1.82, 2.24) is 9.88 Å². The molecule has 0 saturated heterocycles. The van der Waals surface area contributed by atoms with Crippen LogP contribution in [0.2, 0.25) is 0 Å². The smallest absolute Gasteiger partial charge is 0.0594 e. The molecular formula is C15H19N3. The van der Waals surface area contributed by atoms with E-state index in [0.717, 1.165) is 18.8 Å². The second kappa shape index (κ2) is 6.17. The molecule has 1 aromatic heterocycles. The largest absolute Gasteiger partial charge is 0.379 e. The standard InChI is InChI=1S/C15H19N3/c1-18(2)12-13-7-3-4-9-15(13)17-11-14-8-5-6-10-16-14/h3-10,17H,11-12H2,1-2H3. The van der Waals surface area contributed by atoms with E-state index in [4.69, 9.17) is 0 Å². The minimum absolute atomic E-state index is 0.755. The van der Waals surface area contributed by atoms with Gasteiger partial charge in [-0.15, -0.1) is 0 Å². The first kappa shape index (κ1) is 12.6. The van der Waals surface area contributed by atoms with Crippen LogP contribution in [0.5, 0.6) is 0 Å². The summed E-state index contributed by atoms with van der Waals surface area (Å²) in [4.78, 5) is 6.48. The lowest BCUT2D eigenvalue weighted by Gasteiger charge is -2.15. The van der Waals surface area contributed by atoms with E-state index in [-0.39, 0.29) is 0 Å². The molecule has 94 valence electrons. The highest BCUT2D eigenvalue weighted by Crippen LogP contribution is 2.16. The van der Waals surface area contributed by atoms with Gasteiger partial charge in [-0.2, -0.15) is 0 Å². The Balaban J connectivity index is 2.05. The molecule has 3 heteroatoms. The highest BCUT2D eigenvalue weighted by molar-refractivity contribution is 5.51. The molecule has 2 rings (SSSR count). The van der Waals surface area contributed by atoms with Gasteiger partial charge in [0, 0.05) is 18.4 Å². The third-order valence-corrected chi connectivity index (χ3v) is 2.69. The fourth-order valence-electron chi connectivity index (χ4n) is 1.86. The molecule has 1 heterocycles. The molecule has 0 aliphatic heterocycles. The third-order valence-electron chi connectivity index (χ3n) is 2.69. The normalized spacial score (nSPS) is 10.6. The molecule has 0 unspecified atom stereocenters. The molecule has 0 aliphatic rings. The van der Waals surface area contributed by atoms with Crippen LogP contribution in [-0.2, 0) is 13.1 Å². The molecule has 0 spiro atoms. The summed E-state index contributed by atoms with van der Waals surface area (Å²) >= 11 is 0. The van der Waals surface area contributed by atoms with Crippen LogP contribution in [0.1, 0.15) is 11.3 Å². The topological polar surface area (TPSA) is 28.2 Å². The van der Waals surface area contributed by atoms with E-state index in [9.17, 15) is 0 Å². The van der Waals surface area contributed by atoms with Crippen LogP contribution in [-0.4, -0.2) is 24.0 Å².